The van der Waals surface area contributed by atoms with E-state index in [2.05, 4.69) is 17.1 Å². The molecule has 0 bridgehead atoms. The van der Waals surface area contributed by atoms with Crippen LogP contribution in [0, 0.1) is 10.1 Å². The lowest BCUT2D eigenvalue weighted by atomic mass is 10.1. The van der Waals surface area contributed by atoms with Crippen LogP contribution in [0.15, 0.2) is 53.7 Å². The van der Waals surface area contributed by atoms with Gasteiger partial charge in [0.15, 0.2) is 5.16 Å². The molecule has 0 spiro atoms. The maximum atomic E-state index is 12.0. The summed E-state index contributed by atoms with van der Waals surface area (Å²) < 4.78 is 6.92. The van der Waals surface area contributed by atoms with E-state index in [0.717, 1.165) is 41.4 Å². The van der Waals surface area contributed by atoms with Gasteiger partial charge in [-0.1, -0.05) is 55.4 Å². The van der Waals surface area contributed by atoms with Gasteiger partial charge in [0.25, 0.3) is 5.69 Å². The SMILES string of the molecule is CCCCc1nnc(SCc2ccccc2C(=O)OC)n1Cc1ccc([N+](=O)[O-])cc1. The van der Waals surface area contributed by atoms with E-state index in [1.807, 2.05) is 16.7 Å². The lowest BCUT2D eigenvalue weighted by molar-refractivity contribution is -0.384. The van der Waals surface area contributed by atoms with Crippen molar-refractivity contribution in [2.75, 3.05) is 7.11 Å². The molecule has 2 aromatic carbocycles. The van der Waals surface area contributed by atoms with E-state index in [1.54, 1.807) is 24.3 Å². The molecule has 0 atom stereocenters. The summed E-state index contributed by atoms with van der Waals surface area (Å²) in [5.41, 5.74) is 2.39. The molecule has 0 unspecified atom stereocenters. The van der Waals surface area contributed by atoms with E-state index in [1.165, 1.54) is 31.0 Å². The molecule has 3 aromatic rings. The molecule has 9 heteroatoms. The van der Waals surface area contributed by atoms with Crippen molar-refractivity contribution in [3.05, 3.63) is 81.2 Å². The predicted octanol–water partition coefficient (Wildman–Crippen LogP) is 4.66. The van der Waals surface area contributed by atoms with Gasteiger partial charge in [-0.05, 0) is 23.6 Å². The molecule has 1 aromatic heterocycles. The maximum Gasteiger partial charge on any atom is 0.338 e. The number of rotatable bonds is 10. The van der Waals surface area contributed by atoms with E-state index >= 15 is 0 Å². The third-order valence-corrected chi connectivity index (χ3v) is 5.83. The van der Waals surface area contributed by atoms with E-state index in [9.17, 15) is 14.9 Å². The van der Waals surface area contributed by atoms with Crippen LogP contribution in [0.1, 0.15) is 47.1 Å². The fourth-order valence-electron chi connectivity index (χ4n) is 3.11. The number of carbonyl (C=O) groups excluding carboxylic acids is 1. The highest BCUT2D eigenvalue weighted by Crippen LogP contribution is 2.26. The largest absolute Gasteiger partial charge is 0.465 e. The van der Waals surface area contributed by atoms with Crippen molar-refractivity contribution >= 4 is 23.4 Å². The zero-order chi connectivity index (χ0) is 22.2. The first-order chi connectivity index (χ1) is 15.0. The highest BCUT2D eigenvalue weighted by atomic mass is 32.2. The summed E-state index contributed by atoms with van der Waals surface area (Å²) in [7, 11) is 1.37. The molecule has 0 saturated heterocycles. The Labute approximate surface area is 184 Å². The number of aromatic nitrogens is 3. The van der Waals surface area contributed by atoms with Crippen molar-refractivity contribution in [1.82, 2.24) is 14.8 Å². The van der Waals surface area contributed by atoms with Crippen LogP contribution in [0.2, 0.25) is 0 Å². The molecular formula is C22H24N4O4S. The molecule has 0 amide bonds. The summed E-state index contributed by atoms with van der Waals surface area (Å²) in [5.74, 6) is 1.05. The minimum absolute atomic E-state index is 0.0627. The molecular weight excluding hydrogens is 416 g/mol. The number of non-ortho nitro benzene ring substituents is 1. The Balaban J connectivity index is 1.83. The van der Waals surface area contributed by atoms with E-state index in [-0.39, 0.29) is 11.7 Å². The van der Waals surface area contributed by atoms with Gasteiger partial charge in [0.2, 0.25) is 0 Å². The molecule has 0 fully saturated rings. The highest BCUT2D eigenvalue weighted by Gasteiger charge is 2.16. The Bertz CT molecular complexity index is 1050. The number of hydrogen-bond acceptors (Lipinski definition) is 7. The number of aryl methyl sites for hydroxylation is 1. The average Bonchev–Trinajstić information content (AvgIpc) is 3.17. The molecule has 0 aliphatic rings. The average molecular weight is 441 g/mol. The third-order valence-electron chi connectivity index (χ3n) is 4.81. The van der Waals surface area contributed by atoms with Crippen LogP contribution in [-0.2, 0) is 23.5 Å². The second-order valence-corrected chi connectivity index (χ2v) is 7.89. The van der Waals surface area contributed by atoms with Crippen LogP contribution in [0.4, 0.5) is 5.69 Å². The van der Waals surface area contributed by atoms with E-state index in [0.29, 0.717) is 17.9 Å². The first kappa shape index (κ1) is 22.5. The van der Waals surface area contributed by atoms with Crippen molar-refractivity contribution < 1.29 is 14.5 Å². The zero-order valence-corrected chi connectivity index (χ0v) is 18.3. The number of thioether (sulfide) groups is 1. The summed E-state index contributed by atoms with van der Waals surface area (Å²) in [5, 5.41) is 20.4. The number of benzene rings is 2. The Hall–Kier alpha value is -3.20. The second kappa shape index (κ2) is 10.7. The van der Waals surface area contributed by atoms with Crippen LogP contribution in [0.3, 0.4) is 0 Å². The van der Waals surface area contributed by atoms with Crippen molar-refractivity contribution in [3.63, 3.8) is 0 Å². The lowest BCUT2D eigenvalue weighted by Crippen LogP contribution is -2.08. The topological polar surface area (TPSA) is 100 Å². The summed E-state index contributed by atoms with van der Waals surface area (Å²) in [6, 6.07) is 13.8. The monoisotopic (exact) mass is 440 g/mol. The predicted molar refractivity (Wildman–Crippen MR) is 118 cm³/mol. The summed E-state index contributed by atoms with van der Waals surface area (Å²) in [4.78, 5) is 22.5. The number of unbranched alkanes of at least 4 members (excludes halogenated alkanes) is 1. The van der Waals surface area contributed by atoms with Crippen LogP contribution < -0.4 is 0 Å². The fourth-order valence-corrected chi connectivity index (χ4v) is 4.07. The van der Waals surface area contributed by atoms with Gasteiger partial charge in [-0.25, -0.2) is 4.79 Å². The smallest absolute Gasteiger partial charge is 0.338 e. The van der Waals surface area contributed by atoms with Gasteiger partial charge in [0, 0.05) is 24.3 Å². The second-order valence-electron chi connectivity index (χ2n) is 6.95. The number of hydrogen-bond donors (Lipinski definition) is 0. The van der Waals surface area contributed by atoms with Gasteiger partial charge < -0.3 is 9.30 Å². The molecule has 0 N–H and O–H groups in total. The summed E-state index contributed by atoms with van der Waals surface area (Å²) in [6.45, 7) is 2.64. The molecule has 31 heavy (non-hydrogen) atoms. The van der Waals surface area contributed by atoms with Crippen LogP contribution in [-0.4, -0.2) is 32.8 Å². The Morgan fingerprint density at radius 3 is 2.58 bits per heavy atom. The van der Waals surface area contributed by atoms with Crippen LogP contribution in [0.5, 0.6) is 0 Å². The Morgan fingerprint density at radius 1 is 1.16 bits per heavy atom. The molecule has 0 aliphatic heterocycles. The first-order valence-electron chi connectivity index (χ1n) is 9.98. The van der Waals surface area contributed by atoms with Crippen LogP contribution >= 0.6 is 11.8 Å². The zero-order valence-electron chi connectivity index (χ0n) is 17.5. The van der Waals surface area contributed by atoms with Crippen molar-refractivity contribution in [3.8, 4) is 0 Å². The number of carbonyl (C=O) groups is 1. The van der Waals surface area contributed by atoms with Crippen molar-refractivity contribution in [2.24, 2.45) is 0 Å². The van der Waals surface area contributed by atoms with E-state index in [4.69, 9.17) is 4.74 Å². The lowest BCUT2D eigenvalue weighted by Gasteiger charge is -2.11. The minimum Gasteiger partial charge on any atom is -0.465 e. The Kier molecular flexibility index (Phi) is 7.77. The molecule has 0 saturated carbocycles. The standard InChI is InChI=1S/C22H24N4O4S/c1-3-4-9-20-23-24-22(25(20)14-16-10-12-18(13-11-16)26(28)29)31-15-17-7-5-6-8-19(17)21(27)30-2/h5-8,10-13H,3-4,9,14-15H2,1-2H3. The molecule has 3 rings (SSSR count). The summed E-state index contributed by atoms with van der Waals surface area (Å²) in [6.07, 6.45) is 2.84. The fraction of sp³-hybridized carbons (Fsp3) is 0.318. The normalized spacial score (nSPS) is 10.8. The molecule has 0 aliphatic carbocycles. The van der Waals surface area contributed by atoms with Gasteiger partial charge >= 0.3 is 5.97 Å². The molecule has 162 valence electrons. The molecule has 1 heterocycles. The van der Waals surface area contributed by atoms with Gasteiger partial charge in [-0.15, -0.1) is 10.2 Å². The van der Waals surface area contributed by atoms with E-state index < -0.39 is 4.92 Å². The van der Waals surface area contributed by atoms with Crippen LogP contribution in [0.25, 0.3) is 0 Å². The number of nitro benzene ring substituents is 1. The van der Waals surface area contributed by atoms with Gasteiger partial charge in [-0.3, -0.25) is 10.1 Å². The first-order valence-corrected chi connectivity index (χ1v) is 11.0. The summed E-state index contributed by atoms with van der Waals surface area (Å²) >= 11 is 1.50. The quantitative estimate of drug-likeness (QED) is 0.196. The number of methoxy groups -OCH3 is 1. The van der Waals surface area contributed by atoms with Crippen molar-refractivity contribution in [2.45, 2.75) is 43.6 Å². The van der Waals surface area contributed by atoms with Crippen molar-refractivity contribution in [1.29, 1.82) is 0 Å². The molecule has 8 nitrogen and oxygen atoms in total. The number of nitrogens with zero attached hydrogens (tertiary/aromatic N) is 4. The van der Waals surface area contributed by atoms with Gasteiger partial charge in [-0.2, -0.15) is 0 Å². The van der Waals surface area contributed by atoms with Gasteiger partial charge in [0.1, 0.15) is 5.82 Å². The number of esters is 1. The minimum atomic E-state index is -0.407. The third kappa shape index (κ3) is 5.69. The van der Waals surface area contributed by atoms with Gasteiger partial charge in [0.05, 0.1) is 24.1 Å². The molecule has 0 radical (unpaired) electrons. The number of ether oxygens (including phenoxy) is 1. The number of nitro groups is 1. The Morgan fingerprint density at radius 2 is 1.90 bits per heavy atom. The highest BCUT2D eigenvalue weighted by molar-refractivity contribution is 7.98. The maximum absolute atomic E-state index is 12.0.